The molecule has 0 aliphatic carbocycles. The molecule has 1 N–H and O–H groups in total. The Morgan fingerprint density at radius 1 is 1.91 bits per heavy atom. The van der Waals surface area contributed by atoms with Gasteiger partial charge in [-0.05, 0) is 0 Å². The molecule has 1 amide bonds. The Balaban J connectivity index is 2.29. The highest BCUT2D eigenvalue weighted by atomic mass is 32.2. The molecule has 4 nitrogen and oxygen atoms in total. The fourth-order valence-corrected chi connectivity index (χ4v) is 1.14. The zero-order chi connectivity index (χ0) is 8.10. The second kappa shape index (κ2) is 4.02. The molecule has 1 aromatic rings. The summed E-state index contributed by atoms with van der Waals surface area (Å²) >= 11 is 1.27. The molecule has 0 radical (unpaired) electrons. The highest BCUT2D eigenvalue weighted by Gasteiger charge is 2.02. The second-order valence-corrected chi connectivity index (χ2v) is 2.69. The lowest BCUT2D eigenvalue weighted by Crippen LogP contribution is -2.19. The van der Waals surface area contributed by atoms with Gasteiger partial charge in [0.15, 0.2) is 0 Å². The van der Waals surface area contributed by atoms with Crippen LogP contribution >= 0.6 is 11.8 Å². The van der Waals surface area contributed by atoms with Gasteiger partial charge in [-0.1, -0.05) is 11.8 Å². The second-order valence-electron chi connectivity index (χ2n) is 1.76. The van der Waals surface area contributed by atoms with Crippen LogP contribution < -0.4 is 5.32 Å². The third-order valence-corrected chi connectivity index (χ3v) is 1.87. The van der Waals surface area contributed by atoms with Crippen molar-refractivity contribution in [3.05, 3.63) is 12.5 Å². The molecule has 1 heterocycles. The van der Waals surface area contributed by atoms with E-state index in [1.165, 1.54) is 18.0 Å². The van der Waals surface area contributed by atoms with E-state index in [9.17, 15) is 4.79 Å². The number of oxazole rings is 1. The quantitative estimate of drug-likeness (QED) is 0.675. The van der Waals surface area contributed by atoms with E-state index >= 15 is 0 Å². The first-order chi connectivity index (χ1) is 5.33. The van der Waals surface area contributed by atoms with E-state index in [-0.39, 0.29) is 5.91 Å². The number of nitrogens with zero attached hydrogens (tertiary/aromatic N) is 1. The number of nitrogens with one attached hydrogen (secondary N) is 1. The molecule has 0 fully saturated rings. The van der Waals surface area contributed by atoms with Crippen LogP contribution in [0.1, 0.15) is 0 Å². The standard InChI is InChI=1S/C6H8N2O2S/c1-7-5(9)4-11-6-8-2-3-10-6/h2-3H,4H2,1H3,(H,7,9). The van der Waals surface area contributed by atoms with Gasteiger partial charge in [-0.25, -0.2) is 4.98 Å². The summed E-state index contributed by atoms with van der Waals surface area (Å²) in [4.78, 5) is 14.5. The van der Waals surface area contributed by atoms with Crippen molar-refractivity contribution in [3.8, 4) is 0 Å². The van der Waals surface area contributed by atoms with Crippen LogP contribution in [-0.4, -0.2) is 23.7 Å². The number of rotatable bonds is 3. The fraction of sp³-hybridized carbons (Fsp3) is 0.333. The van der Waals surface area contributed by atoms with Crippen molar-refractivity contribution >= 4 is 17.7 Å². The molecule has 0 aliphatic rings. The number of hydrogen-bond donors (Lipinski definition) is 1. The molecule has 1 rings (SSSR count). The largest absolute Gasteiger partial charge is 0.440 e. The van der Waals surface area contributed by atoms with E-state index in [0.717, 1.165) is 0 Å². The molecule has 60 valence electrons. The van der Waals surface area contributed by atoms with Crippen molar-refractivity contribution in [2.24, 2.45) is 0 Å². The van der Waals surface area contributed by atoms with E-state index in [0.29, 0.717) is 11.0 Å². The maximum Gasteiger partial charge on any atom is 0.256 e. The highest BCUT2D eigenvalue weighted by molar-refractivity contribution is 7.99. The summed E-state index contributed by atoms with van der Waals surface area (Å²) in [6.07, 6.45) is 3.03. The van der Waals surface area contributed by atoms with Crippen LogP contribution in [0.2, 0.25) is 0 Å². The summed E-state index contributed by atoms with van der Waals surface area (Å²) in [6.45, 7) is 0. The predicted molar refractivity (Wildman–Crippen MR) is 41.3 cm³/mol. The number of hydrogen-bond acceptors (Lipinski definition) is 4. The van der Waals surface area contributed by atoms with Crippen molar-refractivity contribution < 1.29 is 9.21 Å². The Kier molecular flexibility index (Phi) is 2.97. The van der Waals surface area contributed by atoms with Gasteiger partial charge in [0, 0.05) is 7.05 Å². The minimum absolute atomic E-state index is 0.0341. The van der Waals surface area contributed by atoms with Gasteiger partial charge in [0.2, 0.25) is 5.91 Å². The highest BCUT2D eigenvalue weighted by Crippen LogP contribution is 2.13. The molecular formula is C6H8N2O2S. The van der Waals surface area contributed by atoms with E-state index < -0.39 is 0 Å². The first-order valence-corrected chi connectivity index (χ1v) is 4.04. The van der Waals surface area contributed by atoms with Gasteiger partial charge in [-0.3, -0.25) is 4.79 Å². The summed E-state index contributed by atoms with van der Waals surface area (Å²) in [7, 11) is 1.60. The van der Waals surface area contributed by atoms with Gasteiger partial charge in [-0.15, -0.1) is 0 Å². The Morgan fingerprint density at radius 2 is 2.73 bits per heavy atom. The lowest BCUT2D eigenvalue weighted by Gasteiger charge is -1.94. The van der Waals surface area contributed by atoms with Crippen molar-refractivity contribution in [2.75, 3.05) is 12.8 Å². The van der Waals surface area contributed by atoms with Crippen molar-refractivity contribution in [1.29, 1.82) is 0 Å². The topological polar surface area (TPSA) is 55.1 Å². The van der Waals surface area contributed by atoms with Gasteiger partial charge in [0.05, 0.1) is 11.9 Å². The zero-order valence-electron chi connectivity index (χ0n) is 6.03. The smallest absolute Gasteiger partial charge is 0.256 e. The predicted octanol–water partition coefficient (Wildman–Crippen LogP) is 0.513. The average Bonchev–Trinajstić information content (AvgIpc) is 2.52. The molecular weight excluding hydrogens is 164 g/mol. The van der Waals surface area contributed by atoms with Gasteiger partial charge >= 0.3 is 0 Å². The molecule has 0 aliphatic heterocycles. The van der Waals surface area contributed by atoms with Crippen LogP contribution in [0.4, 0.5) is 0 Å². The molecule has 0 atom stereocenters. The number of aromatic nitrogens is 1. The minimum Gasteiger partial charge on any atom is -0.440 e. The lowest BCUT2D eigenvalue weighted by atomic mass is 10.7. The molecule has 0 saturated carbocycles. The number of carbonyl (C=O) groups excluding carboxylic acids is 1. The lowest BCUT2D eigenvalue weighted by molar-refractivity contribution is -0.118. The number of amides is 1. The minimum atomic E-state index is -0.0341. The third-order valence-electron chi connectivity index (χ3n) is 1.02. The van der Waals surface area contributed by atoms with Crippen LogP contribution in [0.3, 0.4) is 0 Å². The Hall–Kier alpha value is -0.970. The summed E-state index contributed by atoms with van der Waals surface area (Å²) in [6, 6.07) is 0. The molecule has 0 unspecified atom stereocenters. The summed E-state index contributed by atoms with van der Waals surface area (Å²) in [5.41, 5.74) is 0. The summed E-state index contributed by atoms with van der Waals surface area (Å²) in [5.74, 6) is 0.310. The number of carbonyl (C=O) groups is 1. The van der Waals surface area contributed by atoms with Gasteiger partial charge in [0.25, 0.3) is 5.22 Å². The van der Waals surface area contributed by atoms with Gasteiger partial charge in [-0.2, -0.15) is 0 Å². The van der Waals surface area contributed by atoms with E-state index in [1.54, 1.807) is 13.2 Å². The Morgan fingerprint density at radius 3 is 3.27 bits per heavy atom. The molecule has 0 aromatic carbocycles. The maximum atomic E-state index is 10.7. The van der Waals surface area contributed by atoms with Crippen LogP contribution in [0, 0.1) is 0 Å². The van der Waals surface area contributed by atoms with Crippen LogP contribution in [-0.2, 0) is 4.79 Å². The summed E-state index contributed by atoms with van der Waals surface area (Å²) in [5, 5.41) is 3.02. The van der Waals surface area contributed by atoms with Crippen LogP contribution in [0.25, 0.3) is 0 Å². The molecule has 0 saturated heterocycles. The fourth-order valence-electron chi connectivity index (χ4n) is 0.481. The first kappa shape index (κ1) is 8.13. The van der Waals surface area contributed by atoms with Gasteiger partial charge < -0.3 is 9.73 Å². The molecule has 5 heteroatoms. The average molecular weight is 172 g/mol. The van der Waals surface area contributed by atoms with Crippen LogP contribution in [0.5, 0.6) is 0 Å². The Labute approximate surface area is 68.4 Å². The molecule has 0 bridgehead atoms. The van der Waals surface area contributed by atoms with E-state index in [4.69, 9.17) is 4.42 Å². The Bertz CT molecular complexity index is 222. The van der Waals surface area contributed by atoms with Crippen LogP contribution in [0.15, 0.2) is 22.1 Å². The van der Waals surface area contributed by atoms with Crippen molar-refractivity contribution in [3.63, 3.8) is 0 Å². The molecule has 11 heavy (non-hydrogen) atoms. The number of thioether (sulfide) groups is 1. The van der Waals surface area contributed by atoms with E-state index in [2.05, 4.69) is 10.3 Å². The SMILES string of the molecule is CNC(=O)CSc1ncco1. The molecule has 1 aromatic heterocycles. The summed E-state index contributed by atoms with van der Waals surface area (Å²) < 4.78 is 4.90. The van der Waals surface area contributed by atoms with E-state index in [1.807, 2.05) is 0 Å². The van der Waals surface area contributed by atoms with Gasteiger partial charge in [0.1, 0.15) is 6.26 Å². The third kappa shape index (κ3) is 2.63. The first-order valence-electron chi connectivity index (χ1n) is 3.06. The molecule has 0 spiro atoms. The maximum absolute atomic E-state index is 10.7. The van der Waals surface area contributed by atoms with Crippen molar-refractivity contribution in [2.45, 2.75) is 5.22 Å². The normalized spacial score (nSPS) is 9.55. The zero-order valence-corrected chi connectivity index (χ0v) is 6.85. The van der Waals surface area contributed by atoms with Crippen molar-refractivity contribution in [1.82, 2.24) is 10.3 Å². The monoisotopic (exact) mass is 172 g/mol.